The van der Waals surface area contributed by atoms with Crippen LogP contribution in [0.15, 0.2) is 0 Å². The Balaban J connectivity index is 0.000000500. The minimum absolute atomic E-state index is 0. The summed E-state index contributed by atoms with van der Waals surface area (Å²) in [7, 11) is 4.37. The van der Waals surface area contributed by atoms with Gasteiger partial charge in [0.05, 0.1) is 0 Å². The van der Waals surface area contributed by atoms with Crippen molar-refractivity contribution in [3.05, 3.63) is 0 Å². The molecule has 2 nitrogen and oxygen atoms in total. The van der Waals surface area contributed by atoms with Crippen molar-refractivity contribution in [2.75, 3.05) is 27.2 Å². The molecule has 1 saturated carbocycles. The fourth-order valence-corrected chi connectivity index (χ4v) is 2.15. The molecule has 60 valence electrons. The van der Waals surface area contributed by atoms with Gasteiger partial charge in [-0.3, -0.25) is 0 Å². The SMILES string of the molecule is CN(C)[C@H]1[C@@H]2CNC[C@@H]21.Cl. The van der Waals surface area contributed by atoms with Crippen LogP contribution in [0.5, 0.6) is 0 Å². The summed E-state index contributed by atoms with van der Waals surface area (Å²) in [6, 6.07) is 0.909. The monoisotopic (exact) mass is 162 g/mol. The highest BCUT2D eigenvalue weighted by Crippen LogP contribution is 2.44. The van der Waals surface area contributed by atoms with Crippen molar-refractivity contribution in [2.24, 2.45) is 11.8 Å². The maximum Gasteiger partial charge on any atom is 0.0177 e. The Morgan fingerprint density at radius 1 is 1.20 bits per heavy atom. The summed E-state index contributed by atoms with van der Waals surface area (Å²) in [6.07, 6.45) is 0. The minimum atomic E-state index is 0. The maximum atomic E-state index is 3.38. The Labute approximate surface area is 68.4 Å². The summed E-state index contributed by atoms with van der Waals surface area (Å²) in [5.74, 6) is 1.97. The van der Waals surface area contributed by atoms with Crippen molar-refractivity contribution in [1.82, 2.24) is 10.2 Å². The lowest BCUT2D eigenvalue weighted by atomic mass is 10.4. The summed E-state index contributed by atoms with van der Waals surface area (Å²) < 4.78 is 0. The maximum absolute atomic E-state index is 3.38. The zero-order valence-corrected chi connectivity index (χ0v) is 7.32. The van der Waals surface area contributed by atoms with E-state index in [0.29, 0.717) is 0 Å². The molecule has 10 heavy (non-hydrogen) atoms. The molecule has 0 bridgehead atoms. The van der Waals surface area contributed by atoms with Crippen molar-refractivity contribution in [1.29, 1.82) is 0 Å². The van der Waals surface area contributed by atoms with Gasteiger partial charge in [0.1, 0.15) is 0 Å². The van der Waals surface area contributed by atoms with Gasteiger partial charge >= 0.3 is 0 Å². The normalized spacial score (nSPS) is 42.9. The van der Waals surface area contributed by atoms with Gasteiger partial charge in [-0.25, -0.2) is 0 Å². The molecular formula is C7H15ClN2. The molecule has 0 unspecified atom stereocenters. The predicted octanol–water partition coefficient (Wildman–Crippen LogP) is 0.188. The van der Waals surface area contributed by atoms with E-state index in [-0.39, 0.29) is 12.4 Å². The van der Waals surface area contributed by atoms with Gasteiger partial charge in [-0.1, -0.05) is 0 Å². The number of nitrogens with zero attached hydrogens (tertiary/aromatic N) is 1. The second-order valence-electron chi connectivity index (χ2n) is 3.44. The fourth-order valence-electron chi connectivity index (χ4n) is 2.15. The van der Waals surface area contributed by atoms with Gasteiger partial charge < -0.3 is 10.2 Å². The summed E-state index contributed by atoms with van der Waals surface area (Å²) in [6.45, 7) is 2.51. The molecule has 0 aromatic carbocycles. The lowest BCUT2D eigenvalue weighted by molar-refractivity contribution is 0.350. The predicted molar refractivity (Wildman–Crippen MR) is 44.6 cm³/mol. The van der Waals surface area contributed by atoms with E-state index in [4.69, 9.17) is 0 Å². The third-order valence-corrected chi connectivity index (χ3v) is 2.64. The number of piperidine rings is 1. The molecule has 0 aromatic rings. The first kappa shape index (κ1) is 8.31. The highest BCUT2D eigenvalue weighted by atomic mass is 35.5. The Kier molecular flexibility index (Phi) is 2.23. The van der Waals surface area contributed by atoms with Crippen molar-refractivity contribution >= 4 is 12.4 Å². The first-order chi connectivity index (χ1) is 4.30. The Bertz CT molecular complexity index is 117. The number of rotatable bonds is 1. The molecule has 2 fully saturated rings. The molecule has 2 rings (SSSR count). The van der Waals surface area contributed by atoms with Crippen LogP contribution in [-0.2, 0) is 0 Å². The molecule has 0 amide bonds. The molecule has 0 aromatic heterocycles. The zero-order valence-electron chi connectivity index (χ0n) is 6.50. The summed E-state index contributed by atoms with van der Waals surface area (Å²) in [4.78, 5) is 2.36. The van der Waals surface area contributed by atoms with Crippen molar-refractivity contribution < 1.29 is 0 Å². The smallest absolute Gasteiger partial charge is 0.0177 e. The van der Waals surface area contributed by atoms with E-state index in [2.05, 4.69) is 24.3 Å². The molecule has 1 heterocycles. The molecule has 1 aliphatic heterocycles. The third kappa shape index (κ3) is 1.04. The Morgan fingerprint density at radius 3 is 2.00 bits per heavy atom. The number of fused-ring (bicyclic) bond motifs is 1. The van der Waals surface area contributed by atoms with Gasteiger partial charge in [-0.05, 0) is 39.0 Å². The van der Waals surface area contributed by atoms with Crippen molar-refractivity contribution in [3.63, 3.8) is 0 Å². The van der Waals surface area contributed by atoms with E-state index >= 15 is 0 Å². The van der Waals surface area contributed by atoms with Crippen LogP contribution in [0.2, 0.25) is 0 Å². The molecule has 1 saturated heterocycles. The van der Waals surface area contributed by atoms with Gasteiger partial charge in [0.15, 0.2) is 0 Å². The molecule has 2 aliphatic rings. The Hall–Kier alpha value is 0.210. The van der Waals surface area contributed by atoms with Crippen LogP contribution in [0.3, 0.4) is 0 Å². The molecule has 1 aliphatic carbocycles. The molecular weight excluding hydrogens is 148 g/mol. The van der Waals surface area contributed by atoms with Gasteiger partial charge in [-0.2, -0.15) is 0 Å². The van der Waals surface area contributed by atoms with Crippen LogP contribution in [-0.4, -0.2) is 38.1 Å². The van der Waals surface area contributed by atoms with E-state index in [1.165, 1.54) is 13.1 Å². The van der Waals surface area contributed by atoms with Gasteiger partial charge in [0, 0.05) is 6.04 Å². The summed E-state index contributed by atoms with van der Waals surface area (Å²) in [5, 5.41) is 3.38. The standard InChI is InChI=1S/C7H14N2.ClH/c1-9(2)7-5-3-8-4-6(5)7;/h5-8H,3-4H2,1-2H3;1H/t5-,6+,7+;. The topological polar surface area (TPSA) is 15.3 Å². The minimum Gasteiger partial charge on any atom is -0.316 e. The van der Waals surface area contributed by atoms with Gasteiger partial charge in [0.2, 0.25) is 0 Å². The van der Waals surface area contributed by atoms with E-state index in [9.17, 15) is 0 Å². The fraction of sp³-hybridized carbons (Fsp3) is 1.00. The number of nitrogens with one attached hydrogen (secondary N) is 1. The number of halogens is 1. The third-order valence-electron chi connectivity index (χ3n) is 2.64. The lowest BCUT2D eigenvalue weighted by Crippen LogP contribution is -2.26. The van der Waals surface area contributed by atoms with Crippen LogP contribution in [0.25, 0.3) is 0 Å². The number of hydrogen-bond acceptors (Lipinski definition) is 2. The second-order valence-corrected chi connectivity index (χ2v) is 3.44. The van der Waals surface area contributed by atoms with Crippen LogP contribution < -0.4 is 5.32 Å². The quantitative estimate of drug-likeness (QED) is 0.592. The Morgan fingerprint density at radius 2 is 1.70 bits per heavy atom. The van der Waals surface area contributed by atoms with Crippen LogP contribution in [0.4, 0.5) is 0 Å². The van der Waals surface area contributed by atoms with Crippen LogP contribution in [0, 0.1) is 11.8 Å². The first-order valence-corrected chi connectivity index (χ1v) is 3.68. The van der Waals surface area contributed by atoms with E-state index in [1.807, 2.05) is 0 Å². The van der Waals surface area contributed by atoms with Crippen molar-refractivity contribution in [2.45, 2.75) is 6.04 Å². The van der Waals surface area contributed by atoms with Crippen LogP contribution in [0.1, 0.15) is 0 Å². The lowest BCUT2D eigenvalue weighted by Gasteiger charge is -2.11. The molecule has 1 N–H and O–H groups in total. The van der Waals surface area contributed by atoms with E-state index in [0.717, 1.165) is 17.9 Å². The highest BCUT2D eigenvalue weighted by Gasteiger charge is 2.53. The van der Waals surface area contributed by atoms with Crippen molar-refractivity contribution in [3.8, 4) is 0 Å². The van der Waals surface area contributed by atoms with E-state index < -0.39 is 0 Å². The average Bonchev–Trinajstić information content (AvgIpc) is 2.30. The average molecular weight is 163 g/mol. The number of hydrogen-bond donors (Lipinski definition) is 1. The molecule has 0 spiro atoms. The first-order valence-electron chi connectivity index (χ1n) is 3.68. The highest BCUT2D eigenvalue weighted by molar-refractivity contribution is 5.85. The molecule has 0 radical (unpaired) electrons. The van der Waals surface area contributed by atoms with E-state index in [1.54, 1.807) is 0 Å². The largest absolute Gasteiger partial charge is 0.316 e. The molecule has 3 heteroatoms. The zero-order chi connectivity index (χ0) is 6.43. The summed E-state index contributed by atoms with van der Waals surface area (Å²) >= 11 is 0. The second kappa shape index (κ2) is 2.68. The van der Waals surface area contributed by atoms with Gasteiger partial charge in [-0.15, -0.1) is 12.4 Å². The van der Waals surface area contributed by atoms with Gasteiger partial charge in [0.25, 0.3) is 0 Å². The molecule has 3 atom stereocenters. The van der Waals surface area contributed by atoms with Crippen LogP contribution >= 0.6 is 12.4 Å². The summed E-state index contributed by atoms with van der Waals surface area (Å²) in [5.41, 5.74) is 0.